The molecule has 4 rings (SSSR count). The van der Waals surface area contributed by atoms with E-state index in [4.69, 9.17) is 5.73 Å². The summed E-state index contributed by atoms with van der Waals surface area (Å²) in [4.78, 5) is 12.3. The summed E-state index contributed by atoms with van der Waals surface area (Å²) in [6, 6.07) is -0.404. The fraction of sp³-hybridized carbons (Fsp3) is 0.615. The number of nitrogens with two attached hydrogens (primary N) is 1. The lowest BCUT2D eigenvalue weighted by Crippen LogP contribution is -2.46. The average molecular weight is 291 g/mol. The summed E-state index contributed by atoms with van der Waals surface area (Å²) < 4.78 is 1.74. The molecule has 112 valence electrons. The molecule has 0 spiro atoms. The van der Waals surface area contributed by atoms with Crippen LogP contribution in [-0.4, -0.2) is 53.2 Å². The fourth-order valence-corrected chi connectivity index (χ4v) is 4.06. The molecule has 3 unspecified atom stereocenters. The van der Waals surface area contributed by atoms with E-state index in [0.29, 0.717) is 17.6 Å². The van der Waals surface area contributed by atoms with Crippen LogP contribution in [0.4, 0.5) is 5.82 Å². The number of hydrogen-bond donors (Lipinski definition) is 4. The van der Waals surface area contributed by atoms with Crippen LogP contribution in [0.5, 0.6) is 0 Å². The van der Waals surface area contributed by atoms with Gasteiger partial charge in [0.15, 0.2) is 11.5 Å². The molecule has 0 saturated heterocycles. The van der Waals surface area contributed by atoms with E-state index in [1.165, 1.54) is 6.33 Å². The molecule has 2 heterocycles. The Hall–Kier alpha value is -1.77. The Morgan fingerprint density at radius 2 is 2.19 bits per heavy atom. The number of hydrogen-bond acceptors (Lipinski definition) is 7. The average Bonchev–Trinajstić information content (AvgIpc) is 2.96. The first-order chi connectivity index (χ1) is 9.93. The lowest BCUT2D eigenvalue weighted by Gasteiger charge is -2.34. The van der Waals surface area contributed by atoms with Crippen LogP contribution >= 0.6 is 0 Å². The lowest BCUT2D eigenvalue weighted by atomic mass is 9.89. The Balaban J connectivity index is 1.88. The number of nitrogens with zero attached hydrogens (tertiary/aromatic N) is 4. The highest BCUT2D eigenvalue weighted by Crippen LogP contribution is 2.70. The molecule has 2 saturated carbocycles. The number of nitrogen functional groups attached to an aromatic ring is 1. The van der Waals surface area contributed by atoms with Gasteiger partial charge in [-0.15, -0.1) is 0 Å². The van der Waals surface area contributed by atoms with E-state index in [1.807, 2.05) is 0 Å². The molecule has 0 bridgehead atoms. The van der Waals surface area contributed by atoms with Crippen molar-refractivity contribution in [3.63, 3.8) is 0 Å². The second kappa shape index (κ2) is 3.70. The van der Waals surface area contributed by atoms with Gasteiger partial charge in [-0.2, -0.15) is 0 Å². The molecule has 8 heteroatoms. The van der Waals surface area contributed by atoms with Crippen molar-refractivity contribution >= 4 is 17.0 Å². The molecule has 21 heavy (non-hydrogen) atoms. The summed E-state index contributed by atoms with van der Waals surface area (Å²) in [5, 5.41) is 30.7. The van der Waals surface area contributed by atoms with Crippen molar-refractivity contribution in [3.8, 4) is 0 Å². The number of anilines is 1. The molecule has 2 aromatic heterocycles. The van der Waals surface area contributed by atoms with Gasteiger partial charge in [-0.05, 0) is 19.3 Å². The highest BCUT2D eigenvalue weighted by molar-refractivity contribution is 5.81. The normalized spacial score (nSPS) is 41.4. The zero-order valence-electron chi connectivity index (χ0n) is 11.5. The zero-order chi connectivity index (χ0) is 15.0. The second-order valence-corrected chi connectivity index (χ2v) is 6.36. The van der Waals surface area contributed by atoms with Gasteiger partial charge >= 0.3 is 0 Å². The first-order valence-corrected chi connectivity index (χ1v) is 6.88. The molecule has 5 N–H and O–H groups in total. The predicted molar refractivity (Wildman–Crippen MR) is 73.0 cm³/mol. The Kier molecular flexibility index (Phi) is 2.28. The number of aromatic nitrogens is 4. The van der Waals surface area contributed by atoms with E-state index in [0.717, 1.165) is 0 Å². The Morgan fingerprint density at radius 1 is 1.43 bits per heavy atom. The van der Waals surface area contributed by atoms with E-state index in [9.17, 15) is 15.3 Å². The largest absolute Gasteiger partial charge is 0.396 e. The van der Waals surface area contributed by atoms with Gasteiger partial charge < -0.3 is 25.6 Å². The maximum atomic E-state index is 10.7. The van der Waals surface area contributed by atoms with Gasteiger partial charge in [-0.3, -0.25) is 0 Å². The Bertz CT molecular complexity index is 730. The van der Waals surface area contributed by atoms with Crippen molar-refractivity contribution in [2.75, 3.05) is 12.3 Å². The Morgan fingerprint density at radius 3 is 2.86 bits per heavy atom. The van der Waals surface area contributed by atoms with Crippen LogP contribution in [0.15, 0.2) is 12.7 Å². The molecule has 0 amide bonds. The van der Waals surface area contributed by atoms with Crippen molar-refractivity contribution in [2.45, 2.75) is 31.1 Å². The monoisotopic (exact) mass is 291 g/mol. The number of fused-ring (bicyclic) bond motifs is 2. The minimum Gasteiger partial charge on any atom is -0.396 e. The molecule has 0 aliphatic heterocycles. The van der Waals surface area contributed by atoms with Crippen LogP contribution in [-0.2, 0) is 0 Å². The molecule has 0 aromatic carbocycles. The van der Waals surface area contributed by atoms with Crippen LogP contribution < -0.4 is 5.73 Å². The number of aliphatic hydroxyl groups excluding tert-OH is 2. The molecule has 2 aromatic rings. The maximum absolute atomic E-state index is 10.7. The predicted octanol–water partition coefficient (Wildman–Crippen LogP) is -0.926. The van der Waals surface area contributed by atoms with Gasteiger partial charge in [0.25, 0.3) is 0 Å². The quantitative estimate of drug-likeness (QED) is 0.562. The molecule has 2 aliphatic rings. The van der Waals surface area contributed by atoms with Crippen molar-refractivity contribution < 1.29 is 15.3 Å². The second-order valence-electron chi connectivity index (χ2n) is 6.36. The highest BCUT2D eigenvalue weighted by atomic mass is 16.3. The summed E-state index contributed by atoms with van der Waals surface area (Å²) in [6.45, 7) is 1.44. The molecule has 5 atom stereocenters. The molecule has 8 nitrogen and oxygen atoms in total. The number of aliphatic hydroxyl groups is 3. The van der Waals surface area contributed by atoms with Crippen LogP contribution in [0, 0.1) is 11.3 Å². The number of rotatable bonds is 2. The van der Waals surface area contributed by atoms with Crippen LogP contribution in [0.1, 0.15) is 19.4 Å². The third kappa shape index (κ3) is 1.37. The third-order valence-electron chi connectivity index (χ3n) is 5.24. The van der Waals surface area contributed by atoms with Crippen LogP contribution in [0.3, 0.4) is 0 Å². The zero-order valence-corrected chi connectivity index (χ0v) is 11.5. The van der Waals surface area contributed by atoms with Gasteiger partial charge in [-0.25, -0.2) is 15.0 Å². The van der Waals surface area contributed by atoms with E-state index < -0.39 is 23.2 Å². The van der Waals surface area contributed by atoms with Gasteiger partial charge in [-0.1, -0.05) is 0 Å². The molecular formula is C13H17N5O3. The van der Waals surface area contributed by atoms with Crippen molar-refractivity contribution in [2.24, 2.45) is 11.3 Å². The summed E-state index contributed by atoms with van der Waals surface area (Å²) in [7, 11) is 0. The topological polar surface area (TPSA) is 130 Å². The summed E-state index contributed by atoms with van der Waals surface area (Å²) in [5.41, 5.74) is 4.80. The Labute approximate surface area is 120 Å². The van der Waals surface area contributed by atoms with Gasteiger partial charge in [0, 0.05) is 5.41 Å². The standard InChI is InChI=1S/C13H17N5O3/c1-12(21)8(6-2-13(6,3-19)11(12)20)18-5-17-7-9(14)15-4-16-10(7)18/h4-6,8,11,19-21H,2-3H2,1H3,(H2,14,15,16)/t6?,8-,11?,12?,13+/m1/s1. The molecule has 0 radical (unpaired) electrons. The minimum atomic E-state index is -1.36. The van der Waals surface area contributed by atoms with E-state index in [2.05, 4.69) is 15.0 Å². The summed E-state index contributed by atoms with van der Waals surface area (Å²) in [6.07, 6.45) is 2.60. The van der Waals surface area contributed by atoms with E-state index in [1.54, 1.807) is 17.8 Å². The minimum absolute atomic E-state index is 0.0129. The van der Waals surface area contributed by atoms with Gasteiger partial charge in [0.05, 0.1) is 25.1 Å². The first-order valence-electron chi connectivity index (χ1n) is 6.88. The van der Waals surface area contributed by atoms with E-state index >= 15 is 0 Å². The summed E-state index contributed by atoms with van der Waals surface area (Å²) >= 11 is 0. The van der Waals surface area contributed by atoms with E-state index in [-0.39, 0.29) is 18.3 Å². The lowest BCUT2D eigenvalue weighted by molar-refractivity contribution is -0.0997. The van der Waals surface area contributed by atoms with Gasteiger partial charge in [0.1, 0.15) is 17.4 Å². The molecule has 2 aliphatic carbocycles. The maximum Gasteiger partial charge on any atom is 0.165 e. The van der Waals surface area contributed by atoms with Gasteiger partial charge in [0.2, 0.25) is 0 Å². The van der Waals surface area contributed by atoms with Crippen molar-refractivity contribution in [1.82, 2.24) is 19.5 Å². The fourth-order valence-electron chi connectivity index (χ4n) is 4.06. The van der Waals surface area contributed by atoms with Crippen LogP contribution in [0.2, 0.25) is 0 Å². The highest BCUT2D eigenvalue weighted by Gasteiger charge is 2.75. The first kappa shape index (κ1) is 12.9. The molecule has 2 fully saturated rings. The molecular weight excluding hydrogens is 274 g/mol. The number of imidazole rings is 1. The van der Waals surface area contributed by atoms with Crippen molar-refractivity contribution in [1.29, 1.82) is 0 Å². The smallest absolute Gasteiger partial charge is 0.165 e. The SMILES string of the molecule is CC1(O)C(O)[C@]2(CO)CC2[C@H]1n1cnc2c(N)ncnc21. The summed E-state index contributed by atoms with van der Waals surface area (Å²) in [5.74, 6) is 0.266. The van der Waals surface area contributed by atoms with Crippen LogP contribution in [0.25, 0.3) is 11.2 Å². The van der Waals surface area contributed by atoms with Crippen molar-refractivity contribution in [3.05, 3.63) is 12.7 Å². The third-order valence-corrected chi connectivity index (χ3v) is 5.24.